The van der Waals surface area contributed by atoms with Crippen LogP contribution in [0.4, 0.5) is 11.4 Å². The van der Waals surface area contributed by atoms with E-state index in [-0.39, 0.29) is 5.69 Å². The van der Waals surface area contributed by atoms with Crippen LogP contribution in [0.1, 0.15) is 24.2 Å². The molecular weight excluding hydrogens is 264 g/mol. The fourth-order valence-corrected chi connectivity index (χ4v) is 3.73. The van der Waals surface area contributed by atoms with Crippen molar-refractivity contribution in [2.45, 2.75) is 24.3 Å². The third-order valence-corrected chi connectivity index (χ3v) is 4.32. The highest BCUT2D eigenvalue weighted by Crippen LogP contribution is 2.34. The lowest BCUT2D eigenvalue weighted by molar-refractivity contribution is -0.384. The zero-order valence-corrected chi connectivity index (χ0v) is 11.7. The first-order chi connectivity index (χ1) is 9.01. The van der Waals surface area contributed by atoms with Gasteiger partial charge in [-0.05, 0) is 12.1 Å². The third kappa shape index (κ3) is 3.07. The highest BCUT2D eigenvalue weighted by Gasteiger charge is 2.27. The number of rotatable bonds is 3. The van der Waals surface area contributed by atoms with E-state index < -0.39 is 4.92 Å². The minimum absolute atomic E-state index is 0.0101. The Hall–Kier alpha value is -1.56. The molecule has 0 radical (unpaired) electrons. The van der Waals surface area contributed by atoms with E-state index in [1.807, 2.05) is 16.7 Å². The van der Waals surface area contributed by atoms with Gasteiger partial charge in [0.05, 0.1) is 4.92 Å². The van der Waals surface area contributed by atoms with Gasteiger partial charge < -0.3 is 4.90 Å². The lowest BCUT2D eigenvalue weighted by Gasteiger charge is -2.35. The number of nitro groups is 1. The van der Waals surface area contributed by atoms with E-state index in [9.17, 15) is 14.9 Å². The van der Waals surface area contributed by atoms with Crippen LogP contribution in [0.5, 0.6) is 0 Å². The van der Waals surface area contributed by atoms with Crippen LogP contribution >= 0.6 is 11.8 Å². The van der Waals surface area contributed by atoms with Gasteiger partial charge in [0.15, 0.2) is 0 Å². The van der Waals surface area contributed by atoms with Gasteiger partial charge in [-0.3, -0.25) is 14.9 Å². The Balaban J connectivity index is 2.38. The summed E-state index contributed by atoms with van der Waals surface area (Å²) < 4.78 is 0. The molecule has 0 spiro atoms. The van der Waals surface area contributed by atoms with Crippen molar-refractivity contribution in [1.29, 1.82) is 0 Å². The number of thioether (sulfide) groups is 1. The van der Waals surface area contributed by atoms with Crippen LogP contribution in [0.15, 0.2) is 18.2 Å². The summed E-state index contributed by atoms with van der Waals surface area (Å²) in [6, 6.07) is 4.66. The number of benzene rings is 1. The summed E-state index contributed by atoms with van der Waals surface area (Å²) in [6.45, 7) is 5.82. The van der Waals surface area contributed by atoms with E-state index >= 15 is 0 Å². The Morgan fingerprint density at radius 3 is 2.53 bits per heavy atom. The van der Waals surface area contributed by atoms with Gasteiger partial charge >= 0.3 is 0 Å². The molecule has 6 heteroatoms. The highest BCUT2D eigenvalue weighted by atomic mass is 32.2. The van der Waals surface area contributed by atoms with E-state index in [1.54, 1.807) is 12.1 Å². The summed E-state index contributed by atoms with van der Waals surface area (Å²) in [6.07, 6.45) is 0.633. The molecule has 1 saturated heterocycles. The van der Waals surface area contributed by atoms with Gasteiger partial charge in [0.1, 0.15) is 12.0 Å². The average Bonchev–Trinajstić information content (AvgIpc) is 2.36. The van der Waals surface area contributed by atoms with E-state index in [4.69, 9.17) is 0 Å². The molecule has 0 amide bonds. The van der Waals surface area contributed by atoms with Crippen molar-refractivity contribution < 1.29 is 9.72 Å². The SMILES string of the molecule is CC1CN(c2ccc(C=O)cc2[N+](=O)[O-])CC(C)S1. The molecule has 19 heavy (non-hydrogen) atoms. The van der Waals surface area contributed by atoms with Crippen molar-refractivity contribution in [2.24, 2.45) is 0 Å². The van der Waals surface area contributed by atoms with Crippen molar-refractivity contribution >= 4 is 29.4 Å². The highest BCUT2D eigenvalue weighted by molar-refractivity contribution is 8.00. The summed E-state index contributed by atoms with van der Waals surface area (Å²) in [5.74, 6) is 0. The van der Waals surface area contributed by atoms with Crippen molar-refractivity contribution in [3.8, 4) is 0 Å². The van der Waals surface area contributed by atoms with Gasteiger partial charge in [-0.25, -0.2) is 0 Å². The standard InChI is InChI=1S/C13H16N2O3S/c1-9-6-14(7-10(2)19-9)12-4-3-11(8-16)5-13(12)15(17)18/h3-5,8-10H,6-7H2,1-2H3. The molecule has 2 unspecified atom stereocenters. The zero-order chi connectivity index (χ0) is 14.0. The first-order valence-electron chi connectivity index (χ1n) is 6.15. The molecule has 0 bridgehead atoms. The van der Waals surface area contributed by atoms with Gasteiger partial charge in [-0.2, -0.15) is 11.8 Å². The minimum Gasteiger partial charge on any atom is -0.364 e. The Morgan fingerprint density at radius 2 is 2.00 bits per heavy atom. The minimum atomic E-state index is -0.417. The molecule has 0 saturated carbocycles. The number of nitro benzene ring substituents is 1. The molecule has 1 aromatic carbocycles. The zero-order valence-electron chi connectivity index (χ0n) is 10.9. The Kier molecular flexibility index (Phi) is 4.09. The van der Waals surface area contributed by atoms with Crippen LogP contribution in [0.25, 0.3) is 0 Å². The first kappa shape index (κ1) is 13.9. The van der Waals surface area contributed by atoms with Crippen molar-refractivity contribution in [1.82, 2.24) is 0 Å². The van der Waals surface area contributed by atoms with E-state index in [0.717, 1.165) is 13.1 Å². The van der Waals surface area contributed by atoms with Crippen molar-refractivity contribution in [2.75, 3.05) is 18.0 Å². The molecule has 2 atom stereocenters. The van der Waals surface area contributed by atoms with Crippen LogP contribution in [0, 0.1) is 10.1 Å². The molecule has 1 fully saturated rings. The van der Waals surface area contributed by atoms with Crippen molar-refractivity contribution in [3.05, 3.63) is 33.9 Å². The van der Waals surface area contributed by atoms with Crippen LogP contribution in [0.2, 0.25) is 0 Å². The molecule has 102 valence electrons. The Morgan fingerprint density at radius 1 is 1.37 bits per heavy atom. The number of hydrogen-bond acceptors (Lipinski definition) is 5. The molecule has 1 aliphatic heterocycles. The quantitative estimate of drug-likeness (QED) is 0.484. The van der Waals surface area contributed by atoms with E-state index in [2.05, 4.69) is 13.8 Å². The van der Waals surface area contributed by atoms with Gasteiger partial charge in [0.25, 0.3) is 5.69 Å². The van der Waals surface area contributed by atoms with Crippen LogP contribution < -0.4 is 4.90 Å². The molecule has 0 N–H and O–H groups in total. The second-order valence-corrected chi connectivity index (χ2v) is 6.67. The molecule has 1 aromatic rings. The van der Waals surface area contributed by atoms with Crippen LogP contribution in [-0.4, -0.2) is 34.8 Å². The van der Waals surface area contributed by atoms with Gasteiger partial charge in [0.2, 0.25) is 0 Å². The molecule has 1 aliphatic rings. The lowest BCUT2D eigenvalue weighted by Crippen LogP contribution is -2.40. The normalized spacial score (nSPS) is 23.2. The number of hydrogen-bond donors (Lipinski definition) is 0. The maximum absolute atomic E-state index is 11.2. The summed E-state index contributed by atoms with van der Waals surface area (Å²) in [7, 11) is 0. The van der Waals surface area contributed by atoms with Gasteiger partial charge in [-0.1, -0.05) is 13.8 Å². The topological polar surface area (TPSA) is 63.5 Å². The third-order valence-electron chi connectivity index (χ3n) is 3.09. The summed E-state index contributed by atoms with van der Waals surface area (Å²) in [4.78, 5) is 23.5. The smallest absolute Gasteiger partial charge is 0.293 e. The van der Waals surface area contributed by atoms with Crippen LogP contribution in [0.3, 0.4) is 0 Å². The number of carbonyl (C=O) groups is 1. The number of aldehydes is 1. The molecular formula is C13H16N2O3S. The summed E-state index contributed by atoms with van der Waals surface area (Å²) >= 11 is 1.89. The number of nitrogens with zero attached hydrogens (tertiary/aromatic N) is 2. The number of anilines is 1. The molecule has 5 nitrogen and oxygen atoms in total. The summed E-state index contributed by atoms with van der Waals surface area (Å²) in [5, 5.41) is 12.0. The summed E-state index contributed by atoms with van der Waals surface area (Å²) in [5.41, 5.74) is 0.952. The molecule has 1 heterocycles. The fourth-order valence-electron chi connectivity index (χ4n) is 2.40. The predicted molar refractivity (Wildman–Crippen MR) is 77.2 cm³/mol. The lowest BCUT2D eigenvalue weighted by atomic mass is 10.1. The van der Waals surface area contributed by atoms with E-state index in [1.165, 1.54) is 6.07 Å². The number of carbonyl (C=O) groups excluding carboxylic acids is 1. The van der Waals surface area contributed by atoms with E-state index in [0.29, 0.717) is 28.0 Å². The average molecular weight is 280 g/mol. The molecule has 0 aliphatic carbocycles. The maximum atomic E-state index is 11.2. The van der Waals surface area contributed by atoms with Gasteiger partial charge in [-0.15, -0.1) is 0 Å². The Labute approximate surface area is 116 Å². The first-order valence-corrected chi connectivity index (χ1v) is 7.09. The molecule has 2 rings (SSSR count). The predicted octanol–water partition coefficient (Wildman–Crippen LogP) is 2.74. The van der Waals surface area contributed by atoms with Crippen molar-refractivity contribution in [3.63, 3.8) is 0 Å². The second-order valence-electron chi connectivity index (χ2n) is 4.79. The largest absolute Gasteiger partial charge is 0.364 e. The Bertz CT molecular complexity index is 497. The second kappa shape index (κ2) is 5.61. The van der Waals surface area contributed by atoms with Gasteiger partial charge in [0, 0.05) is 35.2 Å². The fraction of sp³-hybridized carbons (Fsp3) is 0.462. The molecule has 0 aromatic heterocycles. The monoisotopic (exact) mass is 280 g/mol. The maximum Gasteiger partial charge on any atom is 0.293 e. The van der Waals surface area contributed by atoms with Crippen LogP contribution in [-0.2, 0) is 0 Å².